The summed E-state index contributed by atoms with van der Waals surface area (Å²) in [6, 6.07) is 21.5. The number of sulfonamides is 1. The number of methoxy groups -OCH3 is 1. The zero-order valence-electron chi connectivity index (χ0n) is 23.8. The van der Waals surface area contributed by atoms with Gasteiger partial charge in [0, 0.05) is 18.8 Å². The summed E-state index contributed by atoms with van der Waals surface area (Å²) < 4.78 is 32.6. The number of nitrogens with one attached hydrogen (secondary N) is 1. The summed E-state index contributed by atoms with van der Waals surface area (Å²) in [4.78, 5) is 32.2. The van der Waals surface area contributed by atoms with Crippen LogP contribution in [0.3, 0.4) is 0 Å². The second kappa shape index (κ2) is 13.1. The van der Waals surface area contributed by atoms with Crippen molar-refractivity contribution in [2.24, 2.45) is 4.99 Å². The molecule has 3 aromatic carbocycles. The van der Waals surface area contributed by atoms with Crippen LogP contribution in [0, 0.1) is 0 Å². The van der Waals surface area contributed by atoms with Gasteiger partial charge >= 0.3 is 5.97 Å². The maximum atomic E-state index is 13.3. The van der Waals surface area contributed by atoms with Crippen molar-refractivity contribution in [2.75, 3.05) is 49.7 Å². The Hall–Kier alpha value is -4.02. The van der Waals surface area contributed by atoms with Crippen LogP contribution in [0.4, 0.5) is 17.1 Å². The molecule has 0 aromatic heterocycles. The number of amides is 1. The average Bonchev–Trinajstić information content (AvgIpc) is 3.30. The first-order chi connectivity index (χ1) is 19.6. The molecule has 0 bridgehead atoms. The third-order valence-corrected chi connectivity index (χ3v) is 8.75. The number of benzene rings is 3. The quantitative estimate of drug-likeness (QED) is 0.245. The maximum Gasteiger partial charge on any atom is 0.337 e. The average molecular weight is 577 g/mol. The number of anilines is 2. The van der Waals surface area contributed by atoms with E-state index in [0.717, 1.165) is 12.0 Å². The fraction of sp³-hybridized carbons (Fsp3) is 0.323. The molecule has 1 N–H and O–H groups in total. The van der Waals surface area contributed by atoms with Crippen molar-refractivity contribution in [3.05, 3.63) is 89.5 Å². The number of unbranched alkanes of at least 4 members (excludes halogenated alkanes) is 1. The molecule has 0 fully saturated rings. The van der Waals surface area contributed by atoms with Gasteiger partial charge in [0.15, 0.2) is 0 Å². The van der Waals surface area contributed by atoms with Gasteiger partial charge in [0.1, 0.15) is 5.92 Å². The lowest BCUT2D eigenvalue weighted by Crippen LogP contribution is -2.38. The van der Waals surface area contributed by atoms with Crippen molar-refractivity contribution in [3.63, 3.8) is 0 Å². The molecule has 1 amide bonds. The van der Waals surface area contributed by atoms with Crippen molar-refractivity contribution in [1.82, 2.24) is 4.90 Å². The first-order valence-corrected chi connectivity index (χ1v) is 15.2. The van der Waals surface area contributed by atoms with Crippen LogP contribution in [0.1, 0.15) is 47.2 Å². The summed E-state index contributed by atoms with van der Waals surface area (Å²) in [5.74, 6) is -1.36. The highest BCUT2D eigenvalue weighted by atomic mass is 32.2. The summed E-state index contributed by atoms with van der Waals surface area (Å²) in [6.45, 7) is 2.89. The van der Waals surface area contributed by atoms with E-state index in [1.807, 2.05) is 56.3 Å². The minimum Gasteiger partial charge on any atom is -0.465 e. The molecular formula is C31H36N4O5S. The van der Waals surface area contributed by atoms with Crippen LogP contribution >= 0.6 is 0 Å². The normalized spacial score (nSPS) is 15.0. The number of rotatable bonds is 12. The van der Waals surface area contributed by atoms with Crippen LogP contribution in [0.15, 0.2) is 77.8 Å². The Morgan fingerprint density at radius 3 is 2.32 bits per heavy atom. The lowest BCUT2D eigenvalue weighted by atomic mass is 9.90. The molecule has 0 aliphatic carbocycles. The number of fused-ring (bicyclic) bond motifs is 1. The lowest BCUT2D eigenvalue weighted by molar-refractivity contribution is -0.115. The van der Waals surface area contributed by atoms with E-state index < -0.39 is 21.9 Å². The van der Waals surface area contributed by atoms with Gasteiger partial charge in [0.05, 0.1) is 35.5 Å². The van der Waals surface area contributed by atoms with E-state index >= 15 is 0 Å². The Labute approximate surface area is 241 Å². The van der Waals surface area contributed by atoms with E-state index in [1.165, 1.54) is 11.4 Å². The number of hydrogen-bond acceptors (Lipinski definition) is 7. The maximum absolute atomic E-state index is 13.3. The van der Waals surface area contributed by atoms with Gasteiger partial charge in [-0.25, -0.2) is 13.2 Å². The molecule has 0 saturated heterocycles. The van der Waals surface area contributed by atoms with Crippen molar-refractivity contribution >= 4 is 44.7 Å². The number of hydrogen-bond donors (Lipinski definition) is 1. The Balaban J connectivity index is 1.73. The highest BCUT2D eigenvalue weighted by Gasteiger charge is 2.36. The van der Waals surface area contributed by atoms with Crippen LogP contribution in [0.5, 0.6) is 0 Å². The minimum absolute atomic E-state index is 0.0862. The van der Waals surface area contributed by atoms with Crippen LogP contribution < -0.4 is 9.62 Å². The molecule has 1 aliphatic heterocycles. The molecule has 0 radical (unpaired) electrons. The summed E-state index contributed by atoms with van der Waals surface area (Å²) >= 11 is 0. The van der Waals surface area contributed by atoms with E-state index in [0.29, 0.717) is 53.4 Å². The Morgan fingerprint density at radius 1 is 0.976 bits per heavy atom. The predicted molar refractivity (Wildman–Crippen MR) is 163 cm³/mol. The number of esters is 1. The minimum atomic E-state index is -3.49. The molecule has 1 heterocycles. The number of nitrogens with zero attached hydrogens (tertiary/aromatic N) is 3. The van der Waals surface area contributed by atoms with Gasteiger partial charge in [-0.1, -0.05) is 49.7 Å². The van der Waals surface area contributed by atoms with Crippen molar-refractivity contribution in [1.29, 1.82) is 0 Å². The molecule has 4 rings (SSSR count). The van der Waals surface area contributed by atoms with E-state index in [2.05, 4.69) is 5.32 Å². The zero-order chi connectivity index (χ0) is 29.6. The molecule has 0 spiro atoms. The highest BCUT2D eigenvalue weighted by Crippen LogP contribution is 2.37. The van der Waals surface area contributed by atoms with Crippen LogP contribution in [-0.2, 0) is 19.6 Å². The van der Waals surface area contributed by atoms with Crippen molar-refractivity contribution in [2.45, 2.75) is 25.7 Å². The summed E-state index contributed by atoms with van der Waals surface area (Å²) in [7, 11) is 1.64. The van der Waals surface area contributed by atoms with Gasteiger partial charge in [-0.15, -0.1) is 0 Å². The number of carbonyl (C=O) groups excluding carboxylic acids is 2. The van der Waals surface area contributed by atoms with Crippen molar-refractivity contribution < 1.29 is 22.7 Å². The fourth-order valence-corrected chi connectivity index (χ4v) is 6.35. The number of carbonyl (C=O) groups is 2. The molecule has 3 aromatic rings. The lowest BCUT2D eigenvalue weighted by Gasteiger charge is -2.26. The molecule has 9 nitrogen and oxygen atoms in total. The van der Waals surface area contributed by atoms with E-state index in [4.69, 9.17) is 9.73 Å². The first kappa shape index (κ1) is 30.0. The van der Waals surface area contributed by atoms with Gasteiger partial charge in [0.25, 0.3) is 0 Å². The van der Waals surface area contributed by atoms with Gasteiger partial charge < -0.3 is 15.0 Å². The molecule has 41 heavy (non-hydrogen) atoms. The summed E-state index contributed by atoms with van der Waals surface area (Å²) in [5, 5.41) is 2.88. The number of aliphatic imine (C=N–C) groups is 1. The van der Waals surface area contributed by atoms with Gasteiger partial charge in [-0.3, -0.25) is 14.1 Å². The molecule has 1 unspecified atom stereocenters. The smallest absolute Gasteiger partial charge is 0.337 e. The van der Waals surface area contributed by atoms with Crippen LogP contribution in [-0.4, -0.2) is 71.0 Å². The monoisotopic (exact) mass is 576 g/mol. The SMILES string of the molecule is CCCCS(=O)(=O)N(CCN(C)C)c1ccc(N=C(c2ccccc2)C2C(=O)Nc3cc(C(=O)OC)ccc32)cc1. The third-order valence-electron chi connectivity index (χ3n) is 6.88. The molecule has 1 atom stereocenters. The topological polar surface area (TPSA) is 108 Å². The Kier molecular flexibility index (Phi) is 9.57. The second-order valence-corrected chi connectivity index (χ2v) is 12.2. The molecule has 0 saturated carbocycles. The third kappa shape index (κ3) is 7.01. The molecular weight excluding hydrogens is 540 g/mol. The molecule has 10 heteroatoms. The van der Waals surface area contributed by atoms with Crippen LogP contribution in [0.25, 0.3) is 0 Å². The summed E-state index contributed by atoms with van der Waals surface area (Å²) in [6.07, 6.45) is 1.38. The first-order valence-electron chi connectivity index (χ1n) is 13.6. The standard InChI is InChI=1S/C31H36N4O5S/c1-5-6-20-41(38,39)35(19-18-34(2)3)25-15-13-24(14-16-25)32-29(22-10-8-7-9-11-22)28-26-17-12-23(31(37)40-4)21-27(26)33-30(28)36/h7-17,21,28H,5-6,18-20H2,1-4H3,(H,33,36). The van der Waals surface area contributed by atoms with E-state index in [9.17, 15) is 18.0 Å². The van der Waals surface area contributed by atoms with Gasteiger partial charge in [-0.2, -0.15) is 0 Å². The zero-order valence-corrected chi connectivity index (χ0v) is 24.6. The van der Waals surface area contributed by atoms with E-state index in [-0.39, 0.29) is 11.7 Å². The largest absolute Gasteiger partial charge is 0.465 e. The number of ether oxygens (including phenoxy) is 1. The van der Waals surface area contributed by atoms with Gasteiger partial charge in [-0.05, 0) is 68.0 Å². The van der Waals surface area contributed by atoms with Crippen molar-refractivity contribution in [3.8, 4) is 0 Å². The highest BCUT2D eigenvalue weighted by molar-refractivity contribution is 7.92. The Bertz CT molecular complexity index is 1520. The second-order valence-electron chi connectivity index (χ2n) is 10.1. The Morgan fingerprint density at radius 2 is 1.68 bits per heavy atom. The van der Waals surface area contributed by atoms with Gasteiger partial charge in [0.2, 0.25) is 15.9 Å². The number of likely N-dealkylation sites (N-methyl/N-ethyl adjacent to an activating group) is 1. The van der Waals surface area contributed by atoms with E-state index in [1.54, 1.807) is 42.5 Å². The van der Waals surface area contributed by atoms with Crippen LogP contribution in [0.2, 0.25) is 0 Å². The summed E-state index contributed by atoms with van der Waals surface area (Å²) in [5.41, 5.74) is 4.06. The fourth-order valence-electron chi connectivity index (χ4n) is 4.67. The molecule has 216 valence electrons. The predicted octanol–water partition coefficient (Wildman–Crippen LogP) is 4.83. The molecule has 1 aliphatic rings.